The standard InChI is InChI=1S/C15H12F3N7/c1-8(13-22-9-4-2-3-5-10(9)23-13)21-12-6-11(15(16,17)18)24-14-19-7-20-25(12)14/h2-8,21H,1H3,(H,22,23)/t8-/m0/s1. The number of anilines is 1. The van der Waals surface area contributed by atoms with Gasteiger partial charge in [0.05, 0.1) is 17.1 Å². The molecular formula is C15H12F3N7. The smallest absolute Gasteiger partial charge is 0.360 e. The molecule has 0 aliphatic heterocycles. The zero-order valence-corrected chi connectivity index (χ0v) is 12.9. The molecule has 0 saturated heterocycles. The van der Waals surface area contributed by atoms with E-state index in [-0.39, 0.29) is 17.6 Å². The largest absolute Gasteiger partial charge is 0.433 e. The number of H-pyrrole nitrogens is 1. The molecular weight excluding hydrogens is 335 g/mol. The van der Waals surface area contributed by atoms with Crippen molar-refractivity contribution in [2.24, 2.45) is 0 Å². The number of alkyl halides is 3. The predicted molar refractivity (Wildman–Crippen MR) is 83.9 cm³/mol. The van der Waals surface area contributed by atoms with E-state index in [2.05, 4.69) is 30.4 Å². The van der Waals surface area contributed by atoms with Crippen LogP contribution in [-0.2, 0) is 6.18 Å². The topological polar surface area (TPSA) is 83.8 Å². The van der Waals surface area contributed by atoms with Gasteiger partial charge in [-0.1, -0.05) is 12.1 Å². The van der Waals surface area contributed by atoms with E-state index in [1.807, 2.05) is 24.3 Å². The predicted octanol–water partition coefficient (Wildman–Crippen LogP) is 3.19. The summed E-state index contributed by atoms with van der Waals surface area (Å²) >= 11 is 0. The SMILES string of the molecule is C[C@H](Nc1cc(C(F)(F)F)nc2ncnn12)c1nc2ccccc2[nH]1. The Labute approximate surface area is 138 Å². The maximum atomic E-state index is 13.0. The quantitative estimate of drug-likeness (QED) is 0.595. The molecule has 0 amide bonds. The van der Waals surface area contributed by atoms with Crippen LogP contribution < -0.4 is 5.32 Å². The number of aromatic amines is 1. The second kappa shape index (κ2) is 5.43. The average Bonchev–Trinajstić information content (AvgIpc) is 3.20. The summed E-state index contributed by atoms with van der Waals surface area (Å²) in [4.78, 5) is 14.8. The number of hydrogen-bond donors (Lipinski definition) is 2. The molecule has 4 rings (SSSR count). The molecule has 0 radical (unpaired) electrons. The van der Waals surface area contributed by atoms with Crippen LogP contribution in [0.2, 0.25) is 0 Å². The summed E-state index contributed by atoms with van der Waals surface area (Å²) in [5, 5.41) is 6.90. The monoisotopic (exact) mass is 347 g/mol. The van der Waals surface area contributed by atoms with Crippen molar-refractivity contribution in [1.82, 2.24) is 29.5 Å². The van der Waals surface area contributed by atoms with Crippen molar-refractivity contribution in [3.8, 4) is 0 Å². The van der Waals surface area contributed by atoms with Crippen molar-refractivity contribution in [3.05, 3.63) is 48.2 Å². The summed E-state index contributed by atoms with van der Waals surface area (Å²) in [5.74, 6) is 0.594. The first-order valence-electron chi connectivity index (χ1n) is 7.41. The van der Waals surface area contributed by atoms with Crippen molar-refractivity contribution in [1.29, 1.82) is 0 Å². The molecule has 25 heavy (non-hydrogen) atoms. The third-order valence-corrected chi connectivity index (χ3v) is 3.72. The Kier molecular flexibility index (Phi) is 3.34. The van der Waals surface area contributed by atoms with Crippen LogP contribution in [0.1, 0.15) is 24.5 Å². The molecule has 0 saturated carbocycles. The van der Waals surface area contributed by atoms with Crippen molar-refractivity contribution in [2.75, 3.05) is 5.32 Å². The van der Waals surface area contributed by atoms with Gasteiger partial charge in [-0.2, -0.15) is 27.8 Å². The summed E-state index contributed by atoms with van der Waals surface area (Å²) in [7, 11) is 0. The first-order chi connectivity index (χ1) is 11.9. The number of hydrogen-bond acceptors (Lipinski definition) is 5. The van der Waals surface area contributed by atoms with Gasteiger partial charge in [-0.15, -0.1) is 0 Å². The fourth-order valence-electron chi connectivity index (χ4n) is 2.53. The van der Waals surface area contributed by atoms with Gasteiger partial charge in [-0.25, -0.2) is 9.97 Å². The fourth-order valence-corrected chi connectivity index (χ4v) is 2.53. The minimum Gasteiger partial charge on any atom is -0.360 e. The molecule has 0 bridgehead atoms. The molecule has 4 aromatic rings. The van der Waals surface area contributed by atoms with E-state index in [9.17, 15) is 13.2 Å². The van der Waals surface area contributed by atoms with E-state index < -0.39 is 11.9 Å². The minimum absolute atomic E-state index is 0.128. The Hall–Kier alpha value is -3.17. The summed E-state index contributed by atoms with van der Waals surface area (Å²) in [6, 6.07) is 7.99. The summed E-state index contributed by atoms with van der Waals surface area (Å²) in [5.41, 5.74) is 0.595. The molecule has 0 unspecified atom stereocenters. The first-order valence-corrected chi connectivity index (χ1v) is 7.41. The van der Waals surface area contributed by atoms with Crippen molar-refractivity contribution < 1.29 is 13.2 Å². The van der Waals surface area contributed by atoms with Crippen LogP contribution >= 0.6 is 0 Å². The molecule has 0 fully saturated rings. The number of para-hydroxylation sites is 2. The third-order valence-electron chi connectivity index (χ3n) is 3.72. The molecule has 128 valence electrons. The summed E-state index contributed by atoms with van der Waals surface area (Å²) < 4.78 is 40.3. The lowest BCUT2D eigenvalue weighted by molar-refractivity contribution is -0.141. The summed E-state index contributed by atoms with van der Waals surface area (Å²) in [6.45, 7) is 1.79. The number of aromatic nitrogens is 6. The summed E-state index contributed by atoms with van der Waals surface area (Å²) in [6.07, 6.45) is -3.42. The van der Waals surface area contributed by atoms with Gasteiger partial charge in [0.1, 0.15) is 18.0 Å². The van der Waals surface area contributed by atoms with Crippen molar-refractivity contribution in [2.45, 2.75) is 19.1 Å². The third kappa shape index (κ3) is 2.75. The Morgan fingerprint density at radius 3 is 2.76 bits per heavy atom. The van der Waals surface area contributed by atoms with Crippen molar-refractivity contribution >= 4 is 22.6 Å². The van der Waals surface area contributed by atoms with Gasteiger partial charge in [-0.05, 0) is 19.1 Å². The molecule has 3 heterocycles. The lowest BCUT2D eigenvalue weighted by atomic mass is 10.3. The number of benzene rings is 1. The Bertz CT molecular complexity index is 1020. The van der Waals surface area contributed by atoms with Gasteiger partial charge in [-0.3, -0.25) is 0 Å². The van der Waals surface area contributed by atoms with E-state index in [0.717, 1.165) is 23.4 Å². The highest BCUT2D eigenvalue weighted by Gasteiger charge is 2.34. The van der Waals surface area contributed by atoms with Crippen LogP contribution in [0.25, 0.3) is 16.8 Å². The minimum atomic E-state index is -4.58. The fraction of sp³-hybridized carbons (Fsp3) is 0.200. The molecule has 2 N–H and O–H groups in total. The van der Waals surface area contributed by atoms with Crippen LogP contribution in [-0.4, -0.2) is 29.5 Å². The zero-order chi connectivity index (χ0) is 17.6. The van der Waals surface area contributed by atoms with Gasteiger partial charge in [0, 0.05) is 6.07 Å². The highest BCUT2D eigenvalue weighted by molar-refractivity contribution is 5.74. The molecule has 1 aromatic carbocycles. The Balaban J connectivity index is 1.72. The van der Waals surface area contributed by atoms with Crippen molar-refractivity contribution in [3.63, 3.8) is 0 Å². The maximum Gasteiger partial charge on any atom is 0.433 e. The van der Waals surface area contributed by atoms with E-state index in [1.165, 1.54) is 4.52 Å². The van der Waals surface area contributed by atoms with E-state index >= 15 is 0 Å². The van der Waals surface area contributed by atoms with E-state index in [4.69, 9.17) is 0 Å². The van der Waals surface area contributed by atoms with Crippen LogP contribution in [0.5, 0.6) is 0 Å². The van der Waals surface area contributed by atoms with Crippen LogP contribution in [0.15, 0.2) is 36.7 Å². The number of nitrogens with one attached hydrogen (secondary N) is 2. The Morgan fingerprint density at radius 2 is 2.00 bits per heavy atom. The normalized spacial score (nSPS) is 13.4. The second-order valence-electron chi connectivity index (χ2n) is 5.50. The molecule has 10 heteroatoms. The van der Waals surface area contributed by atoms with E-state index in [1.54, 1.807) is 6.92 Å². The zero-order valence-electron chi connectivity index (χ0n) is 12.9. The van der Waals surface area contributed by atoms with Gasteiger partial charge in [0.15, 0.2) is 5.69 Å². The van der Waals surface area contributed by atoms with Gasteiger partial charge in [0.25, 0.3) is 5.78 Å². The lowest BCUT2D eigenvalue weighted by Crippen LogP contribution is -2.16. The number of fused-ring (bicyclic) bond motifs is 2. The van der Waals surface area contributed by atoms with Crippen LogP contribution in [0.3, 0.4) is 0 Å². The first kappa shape index (κ1) is 15.4. The maximum absolute atomic E-state index is 13.0. The second-order valence-corrected chi connectivity index (χ2v) is 5.50. The Morgan fingerprint density at radius 1 is 1.20 bits per heavy atom. The van der Waals surface area contributed by atoms with Gasteiger partial charge < -0.3 is 10.3 Å². The van der Waals surface area contributed by atoms with Crippen LogP contribution in [0.4, 0.5) is 19.0 Å². The highest BCUT2D eigenvalue weighted by Crippen LogP contribution is 2.30. The molecule has 7 nitrogen and oxygen atoms in total. The van der Waals surface area contributed by atoms with Gasteiger partial charge >= 0.3 is 6.18 Å². The number of rotatable bonds is 3. The van der Waals surface area contributed by atoms with Crippen LogP contribution in [0, 0.1) is 0 Å². The molecule has 1 atom stereocenters. The lowest BCUT2D eigenvalue weighted by Gasteiger charge is -2.15. The van der Waals surface area contributed by atoms with Gasteiger partial charge in [0.2, 0.25) is 0 Å². The molecule has 0 aliphatic carbocycles. The number of nitrogens with zero attached hydrogens (tertiary/aromatic N) is 5. The molecule has 0 aliphatic rings. The number of imidazole rings is 1. The average molecular weight is 347 g/mol. The van der Waals surface area contributed by atoms with E-state index in [0.29, 0.717) is 5.82 Å². The molecule has 3 aromatic heterocycles. The number of halogens is 3. The highest BCUT2D eigenvalue weighted by atomic mass is 19.4. The molecule has 0 spiro atoms.